The van der Waals surface area contributed by atoms with Crippen LogP contribution in [0, 0.1) is 0 Å². The highest BCUT2D eigenvalue weighted by atomic mass is 16.6. The van der Waals surface area contributed by atoms with Crippen LogP contribution in [0.3, 0.4) is 0 Å². The second-order valence-corrected chi connectivity index (χ2v) is 7.75. The van der Waals surface area contributed by atoms with E-state index in [1.54, 1.807) is 4.90 Å². The zero-order valence-electron chi connectivity index (χ0n) is 17.5. The van der Waals surface area contributed by atoms with Crippen molar-refractivity contribution >= 4 is 12.2 Å². The van der Waals surface area contributed by atoms with Crippen LogP contribution in [-0.4, -0.2) is 54.5 Å². The molecule has 7 heteroatoms. The molecule has 0 saturated carbocycles. The lowest BCUT2D eigenvalue weighted by molar-refractivity contribution is 0.0110. The second-order valence-electron chi connectivity index (χ2n) is 7.75. The van der Waals surface area contributed by atoms with Crippen molar-refractivity contribution in [2.24, 2.45) is 5.73 Å². The van der Waals surface area contributed by atoms with Gasteiger partial charge in [-0.15, -0.1) is 0 Å². The Labute approximate surface area is 159 Å². The zero-order chi connectivity index (χ0) is 20.2. The van der Waals surface area contributed by atoms with Crippen molar-refractivity contribution < 1.29 is 19.1 Å². The van der Waals surface area contributed by atoms with Gasteiger partial charge in [0, 0.05) is 19.6 Å². The lowest BCUT2D eigenvalue weighted by atomic mass is 10.1. The van der Waals surface area contributed by atoms with E-state index in [4.69, 9.17) is 15.2 Å². The van der Waals surface area contributed by atoms with Gasteiger partial charge < -0.3 is 25.4 Å². The molecule has 7 nitrogen and oxygen atoms in total. The van der Waals surface area contributed by atoms with Crippen molar-refractivity contribution in [2.45, 2.75) is 84.8 Å². The first-order valence-corrected chi connectivity index (χ1v) is 9.71. The van der Waals surface area contributed by atoms with Crippen LogP contribution in [0.25, 0.3) is 0 Å². The molecule has 0 aliphatic rings. The number of hydrogen-bond acceptors (Lipinski definition) is 5. The summed E-state index contributed by atoms with van der Waals surface area (Å²) < 4.78 is 10.9. The van der Waals surface area contributed by atoms with Crippen molar-refractivity contribution in [3.05, 3.63) is 0 Å². The molecule has 0 unspecified atom stereocenters. The smallest absolute Gasteiger partial charge is 0.410 e. The van der Waals surface area contributed by atoms with Gasteiger partial charge in [0.05, 0.1) is 0 Å². The third kappa shape index (κ3) is 11.2. The number of hydrogen-bond donors (Lipinski definition) is 2. The summed E-state index contributed by atoms with van der Waals surface area (Å²) in [6.07, 6.45) is 3.07. The molecular formula is C19H39N3O4. The molecular weight excluding hydrogens is 334 g/mol. The number of alkyl carbamates (subject to hydrolysis) is 1. The standard InChI is InChI=1S/C19H39N3O4/c1-7-18(3,4)25-16(23)21-13-11-15-22(14-10-9-12-20)17(24)26-19(5,6)8-2/h7-15,20H2,1-6H3,(H,21,23). The molecule has 0 fully saturated rings. The molecule has 0 saturated heterocycles. The van der Waals surface area contributed by atoms with Gasteiger partial charge in [0.25, 0.3) is 0 Å². The number of nitrogens with zero attached hydrogens (tertiary/aromatic N) is 1. The Morgan fingerprint density at radius 2 is 1.46 bits per heavy atom. The molecule has 0 heterocycles. The summed E-state index contributed by atoms with van der Waals surface area (Å²) in [5.74, 6) is 0. The van der Waals surface area contributed by atoms with Gasteiger partial charge in [-0.1, -0.05) is 13.8 Å². The highest BCUT2D eigenvalue weighted by molar-refractivity contribution is 5.68. The molecule has 26 heavy (non-hydrogen) atoms. The fraction of sp³-hybridized carbons (Fsp3) is 0.895. The molecule has 0 radical (unpaired) electrons. The maximum atomic E-state index is 12.4. The van der Waals surface area contributed by atoms with Gasteiger partial charge in [0.1, 0.15) is 11.2 Å². The average Bonchev–Trinajstić information content (AvgIpc) is 2.56. The summed E-state index contributed by atoms with van der Waals surface area (Å²) in [7, 11) is 0. The number of carbonyl (C=O) groups is 2. The fourth-order valence-electron chi connectivity index (χ4n) is 1.93. The summed E-state index contributed by atoms with van der Waals surface area (Å²) in [6, 6.07) is 0. The first-order valence-electron chi connectivity index (χ1n) is 9.71. The molecule has 154 valence electrons. The number of ether oxygens (including phenoxy) is 2. The maximum absolute atomic E-state index is 12.4. The highest BCUT2D eigenvalue weighted by Crippen LogP contribution is 2.16. The van der Waals surface area contributed by atoms with Crippen LogP contribution in [0.2, 0.25) is 0 Å². The molecule has 0 bridgehead atoms. The Balaban J connectivity index is 4.42. The van der Waals surface area contributed by atoms with Gasteiger partial charge in [-0.2, -0.15) is 0 Å². The van der Waals surface area contributed by atoms with Gasteiger partial charge in [-0.05, 0) is 66.3 Å². The van der Waals surface area contributed by atoms with Crippen molar-refractivity contribution in [3.8, 4) is 0 Å². The number of carbonyl (C=O) groups excluding carboxylic acids is 2. The Kier molecular flexibility index (Phi) is 11.3. The van der Waals surface area contributed by atoms with Crippen molar-refractivity contribution in [1.29, 1.82) is 0 Å². The second kappa shape index (κ2) is 12.0. The van der Waals surface area contributed by atoms with E-state index in [1.807, 2.05) is 41.5 Å². The maximum Gasteiger partial charge on any atom is 0.410 e. The van der Waals surface area contributed by atoms with E-state index in [1.165, 1.54) is 0 Å². The Morgan fingerprint density at radius 1 is 0.923 bits per heavy atom. The minimum Gasteiger partial charge on any atom is -0.444 e. The van der Waals surface area contributed by atoms with Crippen molar-refractivity contribution in [1.82, 2.24) is 10.2 Å². The van der Waals surface area contributed by atoms with Crippen molar-refractivity contribution in [2.75, 3.05) is 26.2 Å². The summed E-state index contributed by atoms with van der Waals surface area (Å²) >= 11 is 0. The molecule has 0 aromatic rings. The SMILES string of the molecule is CCC(C)(C)OC(=O)NCCCN(CCCCN)C(=O)OC(C)(C)CC. The van der Waals surface area contributed by atoms with Gasteiger partial charge in [0.15, 0.2) is 0 Å². The first-order chi connectivity index (χ1) is 12.1. The van der Waals surface area contributed by atoms with E-state index >= 15 is 0 Å². The van der Waals surface area contributed by atoms with E-state index < -0.39 is 17.3 Å². The van der Waals surface area contributed by atoms with Gasteiger partial charge in [-0.3, -0.25) is 0 Å². The van der Waals surface area contributed by atoms with E-state index in [0.29, 0.717) is 32.6 Å². The van der Waals surface area contributed by atoms with Crippen LogP contribution in [0.4, 0.5) is 9.59 Å². The monoisotopic (exact) mass is 373 g/mol. The number of nitrogens with two attached hydrogens (primary N) is 1. The van der Waals surface area contributed by atoms with Crippen LogP contribution in [0.15, 0.2) is 0 Å². The van der Waals surface area contributed by atoms with Crippen LogP contribution in [-0.2, 0) is 9.47 Å². The number of amides is 2. The van der Waals surface area contributed by atoms with E-state index in [0.717, 1.165) is 25.7 Å². The largest absolute Gasteiger partial charge is 0.444 e. The predicted molar refractivity (Wildman–Crippen MR) is 104 cm³/mol. The van der Waals surface area contributed by atoms with Crippen LogP contribution in [0.5, 0.6) is 0 Å². The Morgan fingerprint density at radius 3 is 2.00 bits per heavy atom. The van der Waals surface area contributed by atoms with Gasteiger partial charge >= 0.3 is 12.2 Å². The third-order valence-electron chi connectivity index (χ3n) is 4.45. The van der Waals surface area contributed by atoms with Crippen LogP contribution in [0.1, 0.15) is 73.6 Å². The summed E-state index contributed by atoms with van der Waals surface area (Å²) in [5, 5.41) is 2.73. The van der Waals surface area contributed by atoms with Crippen LogP contribution >= 0.6 is 0 Å². The highest BCUT2D eigenvalue weighted by Gasteiger charge is 2.24. The number of unbranched alkanes of at least 4 members (excludes halogenated alkanes) is 1. The molecule has 0 spiro atoms. The molecule has 0 aromatic heterocycles. The van der Waals surface area contributed by atoms with E-state index in [2.05, 4.69) is 5.32 Å². The number of rotatable bonds is 12. The molecule has 0 aliphatic carbocycles. The van der Waals surface area contributed by atoms with E-state index in [9.17, 15) is 9.59 Å². The third-order valence-corrected chi connectivity index (χ3v) is 4.45. The molecule has 3 N–H and O–H groups in total. The molecule has 0 atom stereocenters. The fourth-order valence-corrected chi connectivity index (χ4v) is 1.93. The average molecular weight is 374 g/mol. The lowest BCUT2D eigenvalue weighted by Gasteiger charge is -2.29. The topological polar surface area (TPSA) is 93.9 Å². The van der Waals surface area contributed by atoms with Gasteiger partial charge in [0.2, 0.25) is 0 Å². The Bertz CT molecular complexity index is 425. The first kappa shape index (κ1) is 24.5. The van der Waals surface area contributed by atoms with Gasteiger partial charge in [-0.25, -0.2) is 9.59 Å². The summed E-state index contributed by atoms with van der Waals surface area (Å²) in [6.45, 7) is 13.7. The minimum atomic E-state index is -0.489. The predicted octanol–water partition coefficient (Wildman–Crippen LogP) is 3.66. The quantitative estimate of drug-likeness (QED) is 0.509. The summed E-state index contributed by atoms with van der Waals surface area (Å²) in [4.78, 5) is 25.9. The molecule has 0 rings (SSSR count). The minimum absolute atomic E-state index is 0.316. The molecule has 2 amide bonds. The van der Waals surface area contributed by atoms with Crippen LogP contribution < -0.4 is 11.1 Å². The lowest BCUT2D eigenvalue weighted by Crippen LogP contribution is -2.40. The molecule has 0 aliphatic heterocycles. The summed E-state index contributed by atoms with van der Waals surface area (Å²) in [5.41, 5.74) is 4.57. The normalized spacial score (nSPS) is 11.8. The molecule has 0 aromatic carbocycles. The zero-order valence-corrected chi connectivity index (χ0v) is 17.5. The van der Waals surface area contributed by atoms with E-state index in [-0.39, 0.29) is 6.09 Å². The number of nitrogens with one attached hydrogen (secondary N) is 1. The Hall–Kier alpha value is -1.50. The van der Waals surface area contributed by atoms with Crippen molar-refractivity contribution in [3.63, 3.8) is 0 Å².